The van der Waals surface area contributed by atoms with Crippen LogP contribution in [0.1, 0.15) is 49.0 Å². The molecule has 22 heavy (non-hydrogen) atoms. The Bertz CT molecular complexity index is 489. The van der Waals surface area contributed by atoms with Gasteiger partial charge in [0.15, 0.2) is 0 Å². The van der Waals surface area contributed by atoms with Crippen LogP contribution in [0.3, 0.4) is 0 Å². The Hall–Kier alpha value is -1.88. The fourth-order valence-corrected chi connectivity index (χ4v) is 1.90. The van der Waals surface area contributed by atoms with E-state index in [-0.39, 0.29) is 17.9 Å². The number of hydrogen-bond acceptors (Lipinski definition) is 3. The summed E-state index contributed by atoms with van der Waals surface area (Å²) in [4.78, 5) is 23.7. The normalized spacial score (nSPS) is 11.8. The Kier molecular flexibility index (Phi) is 8.22. The molecule has 0 fully saturated rings. The maximum Gasteiger partial charge on any atom is 0.251 e. The molecule has 0 saturated heterocycles. The molecule has 0 saturated carbocycles. The standard InChI is InChI=1S/C17H26N2O3/c1-4-13(2)19-17(21)15-8-5-7-14(11-15)12-18-16(20)9-6-10-22-3/h5,7-8,11,13H,4,6,9-10,12H2,1-3H3,(H,18,20)(H,19,21). The molecule has 1 aromatic carbocycles. The van der Waals surface area contributed by atoms with Crippen molar-refractivity contribution in [1.82, 2.24) is 10.6 Å². The van der Waals surface area contributed by atoms with Gasteiger partial charge in [-0.05, 0) is 37.5 Å². The predicted molar refractivity (Wildman–Crippen MR) is 86.6 cm³/mol. The van der Waals surface area contributed by atoms with Crippen molar-refractivity contribution in [2.75, 3.05) is 13.7 Å². The van der Waals surface area contributed by atoms with Crippen LogP contribution < -0.4 is 10.6 Å². The lowest BCUT2D eigenvalue weighted by atomic mass is 10.1. The summed E-state index contributed by atoms with van der Waals surface area (Å²) in [7, 11) is 1.62. The first-order valence-corrected chi connectivity index (χ1v) is 7.72. The second kappa shape index (κ2) is 9.95. The summed E-state index contributed by atoms with van der Waals surface area (Å²) in [6.45, 7) is 5.01. The average molecular weight is 306 g/mol. The predicted octanol–water partition coefficient (Wildman–Crippen LogP) is 2.26. The third-order valence-electron chi connectivity index (χ3n) is 3.42. The van der Waals surface area contributed by atoms with Crippen LogP contribution in [-0.4, -0.2) is 31.6 Å². The first kappa shape index (κ1) is 18.2. The van der Waals surface area contributed by atoms with E-state index in [4.69, 9.17) is 4.74 Å². The van der Waals surface area contributed by atoms with E-state index in [1.54, 1.807) is 13.2 Å². The van der Waals surface area contributed by atoms with Crippen LogP contribution in [0.2, 0.25) is 0 Å². The van der Waals surface area contributed by atoms with Crippen molar-refractivity contribution in [3.05, 3.63) is 35.4 Å². The van der Waals surface area contributed by atoms with Gasteiger partial charge in [-0.25, -0.2) is 0 Å². The third kappa shape index (κ3) is 6.72. The smallest absolute Gasteiger partial charge is 0.251 e. The van der Waals surface area contributed by atoms with Gasteiger partial charge < -0.3 is 15.4 Å². The zero-order valence-electron chi connectivity index (χ0n) is 13.6. The Balaban J connectivity index is 2.50. The van der Waals surface area contributed by atoms with E-state index in [1.807, 2.05) is 32.0 Å². The van der Waals surface area contributed by atoms with Crippen LogP contribution in [0.5, 0.6) is 0 Å². The molecule has 122 valence electrons. The van der Waals surface area contributed by atoms with Crippen molar-refractivity contribution in [2.24, 2.45) is 0 Å². The van der Waals surface area contributed by atoms with Crippen molar-refractivity contribution < 1.29 is 14.3 Å². The van der Waals surface area contributed by atoms with Gasteiger partial charge in [0, 0.05) is 38.3 Å². The summed E-state index contributed by atoms with van der Waals surface area (Å²) in [5.41, 5.74) is 1.53. The van der Waals surface area contributed by atoms with Gasteiger partial charge in [0.1, 0.15) is 0 Å². The highest BCUT2D eigenvalue weighted by Crippen LogP contribution is 2.06. The molecule has 0 heterocycles. The molecule has 0 aliphatic carbocycles. The summed E-state index contributed by atoms with van der Waals surface area (Å²) >= 11 is 0. The van der Waals surface area contributed by atoms with Gasteiger partial charge in [0.25, 0.3) is 5.91 Å². The molecule has 0 radical (unpaired) electrons. The maximum absolute atomic E-state index is 12.1. The van der Waals surface area contributed by atoms with Crippen molar-refractivity contribution in [2.45, 2.75) is 45.7 Å². The zero-order chi connectivity index (χ0) is 16.4. The van der Waals surface area contributed by atoms with Crippen molar-refractivity contribution in [3.8, 4) is 0 Å². The second-order valence-corrected chi connectivity index (χ2v) is 5.36. The van der Waals surface area contributed by atoms with E-state index in [9.17, 15) is 9.59 Å². The van der Waals surface area contributed by atoms with E-state index in [1.165, 1.54) is 0 Å². The van der Waals surface area contributed by atoms with Crippen molar-refractivity contribution in [1.29, 1.82) is 0 Å². The summed E-state index contributed by atoms with van der Waals surface area (Å²) < 4.78 is 4.91. The minimum atomic E-state index is -0.0809. The minimum Gasteiger partial charge on any atom is -0.385 e. The molecular formula is C17H26N2O3. The Morgan fingerprint density at radius 3 is 2.77 bits per heavy atom. The highest BCUT2D eigenvalue weighted by atomic mass is 16.5. The van der Waals surface area contributed by atoms with Crippen molar-refractivity contribution in [3.63, 3.8) is 0 Å². The number of amides is 2. The molecular weight excluding hydrogens is 280 g/mol. The Morgan fingerprint density at radius 2 is 2.09 bits per heavy atom. The molecule has 2 N–H and O–H groups in total. The lowest BCUT2D eigenvalue weighted by Crippen LogP contribution is -2.32. The highest BCUT2D eigenvalue weighted by Gasteiger charge is 2.09. The lowest BCUT2D eigenvalue weighted by molar-refractivity contribution is -0.121. The van der Waals surface area contributed by atoms with E-state index in [2.05, 4.69) is 10.6 Å². The topological polar surface area (TPSA) is 67.4 Å². The summed E-state index contributed by atoms with van der Waals surface area (Å²) in [6.07, 6.45) is 2.05. The van der Waals surface area contributed by atoms with Gasteiger partial charge in [-0.15, -0.1) is 0 Å². The van der Waals surface area contributed by atoms with Gasteiger partial charge >= 0.3 is 0 Å². The van der Waals surface area contributed by atoms with Crippen LogP contribution in [0.25, 0.3) is 0 Å². The average Bonchev–Trinajstić information content (AvgIpc) is 2.53. The molecule has 1 aromatic rings. The van der Waals surface area contributed by atoms with Crippen LogP contribution in [-0.2, 0) is 16.1 Å². The lowest BCUT2D eigenvalue weighted by Gasteiger charge is -2.12. The number of carbonyl (C=O) groups is 2. The fourth-order valence-electron chi connectivity index (χ4n) is 1.90. The van der Waals surface area contributed by atoms with Crippen LogP contribution in [0.15, 0.2) is 24.3 Å². The fraction of sp³-hybridized carbons (Fsp3) is 0.529. The number of nitrogens with one attached hydrogen (secondary N) is 2. The molecule has 5 heteroatoms. The van der Waals surface area contributed by atoms with Crippen LogP contribution in [0, 0.1) is 0 Å². The number of benzene rings is 1. The van der Waals surface area contributed by atoms with Gasteiger partial charge in [0.05, 0.1) is 0 Å². The van der Waals surface area contributed by atoms with Gasteiger partial charge in [0.2, 0.25) is 5.91 Å². The number of hydrogen-bond donors (Lipinski definition) is 2. The van der Waals surface area contributed by atoms with Crippen molar-refractivity contribution >= 4 is 11.8 Å². The molecule has 1 rings (SSSR count). The van der Waals surface area contributed by atoms with E-state index >= 15 is 0 Å². The van der Waals surface area contributed by atoms with Gasteiger partial charge in [-0.2, -0.15) is 0 Å². The molecule has 1 unspecified atom stereocenters. The van der Waals surface area contributed by atoms with Crippen LogP contribution >= 0.6 is 0 Å². The summed E-state index contributed by atoms with van der Waals surface area (Å²) in [5.74, 6) is -0.0888. The molecule has 0 spiro atoms. The highest BCUT2D eigenvalue weighted by molar-refractivity contribution is 5.94. The van der Waals surface area contributed by atoms with Crippen LogP contribution in [0.4, 0.5) is 0 Å². The molecule has 2 amide bonds. The van der Waals surface area contributed by atoms with Gasteiger partial charge in [-0.1, -0.05) is 19.1 Å². The molecule has 0 aromatic heterocycles. The Morgan fingerprint density at radius 1 is 1.32 bits per heavy atom. The van der Waals surface area contributed by atoms with E-state index in [0.717, 1.165) is 12.0 Å². The number of carbonyl (C=O) groups excluding carboxylic acids is 2. The van der Waals surface area contributed by atoms with Gasteiger partial charge in [-0.3, -0.25) is 9.59 Å². The molecule has 1 atom stereocenters. The summed E-state index contributed by atoms with van der Waals surface area (Å²) in [6, 6.07) is 7.47. The first-order chi connectivity index (χ1) is 10.6. The quantitative estimate of drug-likeness (QED) is 0.688. The largest absolute Gasteiger partial charge is 0.385 e. The number of methoxy groups -OCH3 is 1. The monoisotopic (exact) mass is 306 g/mol. The van der Waals surface area contributed by atoms with E-state index < -0.39 is 0 Å². The Labute approximate surface area is 132 Å². The summed E-state index contributed by atoms with van der Waals surface area (Å²) in [5, 5.41) is 5.78. The van der Waals surface area contributed by atoms with E-state index in [0.29, 0.717) is 31.6 Å². The first-order valence-electron chi connectivity index (χ1n) is 7.72. The zero-order valence-corrected chi connectivity index (χ0v) is 13.6. The molecule has 0 aliphatic heterocycles. The molecule has 0 bridgehead atoms. The minimum absolute atomic E-state index is 0.00786. The molecule has 5 nitrogen and oxygen atoms in total. The second-order valence-electron chi connectivity index (χ2n) is 5.36. The third-order valence-corrected chi connectivity index (χ3v) is 3.42. The molecule has 0 aliphatic rings. The number of ether oxygens (including phenoxy) is 1. The number of rotatable bonds is 9. The maximum atomic E-state index is 12.1. The SMILES string of the molecule is CCC(C)NC(=O)c1cccc(CNC(=O)CCCOC)c1.